The summed E-state index contributed by atoms with van der Waals surface area (Å²) in [6, 6.07) is 6.95. The van der Waals surface area contributed by atoms with Crippen molar-refractivity contribution in [2.75, 3.05) is 6.54 Å². The molecule has 1 aromatic heterocycles. The number of nitrogens with zero attached hydrogens (tertiary/aromatic N) is 1. The van der Waals surface area contributed by atoms with Gasteiger partial charge in [0.05, 0.1) is 24.3 Å². The summed E-state index contributed by atoms with van der Waals surface area (Å²) in [5, 5.41) is 7.56. The Hall–Kier alpha value is -3.69. The number of ketones is 1. The number of alkyl carbamates (subject to hydrolysis) is 1. The van der Waals surface area contributed by atoms with Gasteiger partial charge in [-0.2, -0.15) is 0 Å². The number of benzene rings is 1. The standard InChI is InChI=1S/C20H23N5O5/c26-17-14(8-4-5-9-22-19(17)28)24-18(27)16(15-10-21-12-23-15)25-20(29)30-11-13-6-2-1-3-7-13/h1-3,6-7,10,12,14,16H,4-5,8-9,11H2,(H,21,23)(H,22,28)(H,24,27)(H,25,29). The van der Waals surface area contributed by atoms with Gasteiger partial charge < -0.3 is 25.7 Å². The van der Waals surface area contributed by atoms with Crippen LogP contribution in [-0.2, 0) is 25.7 Å². The van der Waals surface area contributed by atoms with Crippen molar-refractivity contribution >= 4 is 23.7 Å². The van der Waals surface area contributed by atoms with E-state index in [0.717, 1.165) is 5.56 Å². The molecular formula is C20H23N5O5. The van der Waals surface area contributed by atoms with Crippen LogP contribution in [0.1, 0.15) is 36.6 Å². The molecular weight excluding hydrogens is 390 g/mol. The Bertz CT molecular complexity index is 884. The van der Waals surface area contributed by atoms with E-state index in [4.69, 9.17) is 4.74 Å². The van der Waals surface area contributed by atoms with Crippen molar-refractivity contribution in [3.05, 3.63) is 54.1 Å². The van der Waals surface area contributed by atoms with Crippen molar-refractivity contribution in [1.29, 1.82) is 0 Å². The van der Waals surface area contributed by atoms with Crippen LogP contribution >= 0.6 is 0 Å². The summed E-state index contributed by atoms with van der Waals surface area (Å²) in [7, 11) is 0. The molecule has 4 N–H and O–H groups in total. The van der Waals surface area contributed by atoms with Crippen molar-refractivity contribution in [3.63, 3.8) is 0 Å². The van der Waals surface area contributed by atoms with Gasteiger partial charge in [0.25, 0.3) is 5.91 Å². The summed E-state index contributed by atoms with van der Waals surface area (Å²) in [6.45, 7) is 0.460. The first-order valence-electron chi connectivity index (χ1n) is 9.62. The number of aromatic amines is 1. The van der Waals surface area contributed by atoms with Crippen LogP contribution in [0.25, 0.3) is 0 Å². The number of amides is 3. The predicted octanol–water partition coefficient (Wildman–Crippen LogP) is 0.731. The van der Waals surface area contributed by atoms with E-state index in [1.807, 2.05) is 18.2 Å². The van der Waals surface area contributed by atoms with Crippen molar-refractivity contribution in [2.45, 2.75) is 38.0 Å². The molecule has 30 heavy (non-hydrogen) atoms. The van der Waals surface area contributed by atoms with Gasteiger partial charge in [-0.3, -0.25) is 14.4 Å². The van der Waals surface area contributed by atoms with Gasteiger partial charge in [0, 0.05) is 6.54 Å². The number of H-pyrrole nitrogens is 1. The summed E-state index contributed by atoms with van der Waals surface area (Å²) < 4.78 is 5.18. The molecule has 10 heteroatoms. The number of nitrogens with one attached hydrogen (secondary N) is 4. The lowest BCUT2D eigenvalue weighted by Crippen LogP contribution is -2.51. The Morgan fingerprint density at radius 1 is 1.20 bits per heavy atom. The van der Waals surface area contributed by atoms with Crippen LogP contribution in [0.5, 0.6) is 0 Å². The molecule has 2 aromatic rings. The van der Waals surface area contributed by atoms with E-state index < -0.39 is 35.8 Å². The topological polar surface area (TPSA) is 142 Å². The number of hydrogen-bond donors (Lipinski definition) is 4. The summed E-state index contributed by atoms with van der Waals surface area (Å²) in [5.74, 6) is -2.09. The average molecular weight is 413 g/mol. The highest BCUT2D eigenvalue weighted by molar-refractivity contribution is 6.38. The number of Topliss-reactive ketones (excluding diaryl/α,β-unsaturated/α-hetero) is 1. The fourth-order valence-electron chi connectivity index (χ4n) is 3.04. The second-order valence-electron chi connectivity index (χ2n) is 6.82. The number of carbonyl (C=O) groups excluding carboxylic acids is 4. The monoisotopic (exact) mass is 413 g/mol. The first-order chi connectivity index (χ1) is 14.5. The number of hydrogen-bond acceptors (Lipinski definition) is 6. The first kappa shape index (κ1) is 21.0. The smallest absolute Gasteiger partial charge is 0.408 e. The molecule has 0 bridgehead atoms. The SMILES string of the molecule is O=C(NC(C(=O)NC1CCCCNC(=O)C1=O)c1cnc[nH]1)OCc1ccccc1. The van der Waals surface area contributed by atoms with Crippen LogP contribution in [0.4, 0.5) is 4.79 Å². The molecule has 10 nitrogen and oxygen atoms in total. The second-order valence-corrected chi connectivity index (χ2v) is 6.82. The fourth-order valence-corrected chi connectivity index (χ4v) is 3.04. The minimum Gasteiger partial charge on any atom is -0.445 e. The third kappa shape index (κ3) is 5.66. The number of ether oxygens (including phenoxy) is 1. The van der Waals surface area contributed by atoms with Gasteiger partial charge in [-0.15, -0.1) is 0 Å². The average Bonchev–Trinajstić information content (AvgIpc) is 3.28. The van der Waals surface area contributed by atoms with Gasteiger partial charge in [0.2, 0.25) is 11.7 Å². The lowest BCUT2D eigenvalue weighted by atomic mass is 10.0. The van der Waals surface area contributed by atoms with E-state index in [9.17, 15) is 19.2 Å². The van der Waals surface area contributed by atoms with Gasteiger partial charge >= 0.3 is 6.09 Å². The molecule has 0 aliphatic carbocycles. The maximum Gasteiger partial charge on any atom is 0.408 e. The highest BCUT2D eigenvalue weighted by atomic mass is 16.5. The first-order valence-corrected chi connectivity index (χ1v) is 9.62. The zero-order valence-corrected chi connectivity index (χ0v) is 16.2. The quantitative estimate of drug-likeness (QED) is 0.514. The summed E-state index contributed by atoms with van der Waals surface area (Å²) in [4.78, 5) is 55.9. The molecule has 1 saturated heterocycles. The minimum atomic E-state index is -1.17. The van der Waals surface area contributed by atoms with E-state index in [2.05, 4.69) is 25.9 Å². The zero-order valence-electron chi connectivity index (χ0n) is 16.2. The number of aromatic nitrogens is 2. The normalized spacial score (nSPS) is 17.8. The number of imidazole rings is 1. The summed E-state index contributed by atoms with van der Waals surface area (Å²) >= 11 is 0. The molecule has 1 fully saturated rings. The van der Waals surface area contributed by atoms with Crippen LogP contribution < -0.4 is 16.0 Å². The number of rotatable bonds is 6. The second kappa shape index (κ2) is 10.2. The highest BCUT2D eigenvalue weighted by Gasteiger charge is 2.32. The molecule has 1 aliphatic heterocycles. The largest absolute Gasteiger partial charge is 0.445 e. The van der Waals surface area contributed by atoms with Crippen molar-refractivity contribution in [1.82, 2.24) is 25.9 Å². The zero-order chi connectivity index (χ0) is 21.3. The third-order valence-electron chi connectivity index (χ3n) is 4.63. The predicted molar refractivity (Wildman–Crippen MR) is 105 cm³/mol. The molecule has 3 rings (SSSR count). The molecule has 2 unspecified atom stereocenters. The third-order valence-corrected chi connectivity index (χ3v) is 4.63. The Labute approximate surface area is 172 Å². The Morgan fingerprint density at radius 2 is 2.00 bits per heavy atom. The maximum absolute atomic E-state index is 12.9. The molecule has 3 amide bonds. The molecule has 1 aliphatic rings. The highest BCUT2D eigenvalue weighted by Crippen LogP contribution is 2.13. The van der Waals surface area contributed by atoms with E-state index in [1.165, 1.54) is 12.5 Å². The van der Waals surface area contributed by atoms with Gasteiger partial charge in [0.15, 0.2) is 6.04 Å². The van der Waals surface area contributed by atoms with Gasteiger partial charge in [0.1, 0.15) is 6.61 Å². The molecule has 0 spiro atoms. The minimum absolute atomic E-state index is 0.0330. The van der Waals surface area contributed by atoms with Gasteiger partial charge in [-0.05, 0) is 24.8 Å². The lowest BCUT2D eigenvalue weighted by molar-refractivity contribution is -0.140. The Morgan fingerprint density at radius 3 is 2.73 bits per heavy atom. The van der Waals surface area contributed by atoms with E-state index in [1.54, 1.807) is 12.1 Å². The fraction of sp³-hybridized carbons (Fsp3) is 0.350. The van der Waals surface area contributed by atoms with Crippen LogP contribution in [0.15, 0.2) is 42.9 Å². The van der Waals surface area contributed by atoms with Gasteiger partial charge in [-0.1, -0.05) is 30.3 Å². The van der Waals surface area contributed by atoms with Gasteiger partial charge in [-0.25, -0.2) is 9.78 Å². The van der Waals surface area contributed by atoms with Crippen molar-refractivity contribution in [2.24, 2.45) is 0 Å². The van der Waals surface area contributed by atoms with Crippen molar-refractivity contribution < 1.29 is 23.9 Å². The summed E-state index contributed by atoms with van der Waals surface area (Å²) in [6.07, 6.45) is 3.65. The molecule has 0 radical (unpaired) electrons. The van der Waals surface area contributed by atoms with Crippen LogP contribution in [-0.4, -0.2) is 46.2 Å². The van der Waals surface area contributed by atoms with Crippen LogP contribution in [0.2, 0.25) is 0 Å². The molecule has 2 atom stereocenters. The number of carbonyl (C=O) groups is 4. The Kier molecular flexibility index (Phi) is 7.14. The molecule has 1 aromatic carbocycles. The van der Waals surface area contributed by atoms with Crippen molar-refractivity contribution in [3.8, 4) is 0 Å². The Balaban J connectivity index is 1.65. The van der Waals surface area contributed by atoms with E-state index in [-0.39, 0.29) is 6.61 Å². The molecule has 158 valence electrons. The molecule has 2 heterocycles. The van der Waals surface area contributed by atoms with Crippen LogP contribution in [0.3, 0.4) is 0 Å². The van der Waals surface area contributed by atoms with E-state index >= 15 is 0 Å². The summed E-state index contributed by atoms with van der Waals surface area (Å²) in [5.41, 5.74) is 1.10. The van der Waals surface area contributed by atoms with Crippen LogP contribution in [0, 0.1) is 0 Å². The molecule has 0 saturated carbocycles. The van der Waals surface area contributed by atoms with E-state index in [0.29, 0.717) is 31.5 Å². The lowest BCUT2D eigenvalue weighted by Gasteiger charge is -2.23. The maximum atomic E-state index is 12.9.